The fourth-order valence-electron chi connectivity index (χ4n) is 3.04. The summed E-state index contributed by atoms with van der Waals surface area (Å²) < 4.78 is 7.85. The number of rotatable bonds is 5. The summed E-state index contributed by atoms with van der Waals surface area (Å²) in [4.78, 5) is 4.05. The quantitative estimate of drug-likeness (QED) is 0.704. The fraction of sp³-hybridized carbons (Fsp3) is 0.304. The number of aryl methyl sites for hydroxylation is 1. The molecule has 3 aromatic rings. The van der Waals surface area contributed by atoms with Crippen molar-refractivity contribution >= 4 is 0 Å². The first kappa shape index (κ1) is 19.7. The van der Waals surface area contributed by atoms with Crippen molar-refractivity contribution < 1.29 is 9.84 Å². The molecule has 5 nitrogen and oxygen atoms in total. The number of aliphatic hydroxyl groups excluding tert-OH is 1. The number of nitrogens with zero attached hydrogens (tertiary/aromatic N) is 3. The maximum atomic E-state index is 10.5. The molecule has 0 aliphatic heterocycles. The first-order valence-corrected chi connectivity index (χ1v) is 9.23. The summed E-state index contributed by atoms with van der Waals surface area (Å²) in [5.74, 6) is 1.18. The fourth-order valence-corrected chi connectivity index (χ4v) is 3.04. The molecule has 0 bridgehead atoms. The maximum Gasteiger partial charge on any atom is 0.145 e. The van der Waals surface area contributed by atoms with Crippen LogP contribution in [-0.4, -0.2) is 14.7 Å². The molecule has 5 heteroatoms. The van der Waals surface area contributed by atoms with Crippen molar-refractivity contribution in [1.82, 2.24) is 9.55 Å². The summed E-state index contributed by atoms with van der Waals surface area (Å²) in [7, 11) is 1.85. The van der Waals surface area contributed by atoms with Gasteiger partial charge in [0.15, 0.2) is 0 Å². The van der Waals surface area contributed by atoms with E-state index in [1.807, 2.05) is 37.4 Å². The second-order valence-corrected chi connectivity index (χ2v) is 7.97. The highest BCUT2D eigenvalue weighted by Crippen LogP contribution is 2.31. The van der Waals surface area contributed by atoms with Crippen molar-refractivity contribution in [3.63, 3.8) is 0 Å². The largest absolute Gasteiger partial charge is 0.456 e. The van der Waals surface area contributed by atoms with Gasteiger partial charge in [0.05, 0.1) is 29.9 Å². The number of nitriles is 1. The normalized spacial score (nSPS) is 12.4. The number of ether oxygens (including phenoxy) is 1. The lowest BCUT2D eigenvalue weighted by atomic mass is 9.87. The topological polar surface area (TPSA) is 71.1 Å². The molecule has 28 heavy (non-hydrogen) atoms. The Kier molecular flexibility index (Phi) is 5.53. The molecule has 0 aliphatic carbocycles. The Morgan fingerprint density at radius 3 is 2.64 bits per heavy atom. The van der Waals surface area contributed by atoms with Crippen molar-refractivity contribution in [2.45, 2.75) is 38.7 Å². The van der Waals surface area contributed by atoms with Crippen LogP contribution in [-0.2, 0) is 18.9 Å². The molecule has 2 aromatic carbocycles. The zero-order chi connectivity index (χ0) is 20.3. The Morgan fingerprint density at radius 2 is 2.00 bits per heavy atom. The van der Waals surface area contributed by atoms with Crippen LogP contribution in [0.25, 0.3) is 0 Å². The van der Waals surface area contributed by atoms with Crippen molar-refractivity contribution in [3.05, 3.63) is 77.4 Å². The summed E-state index contributed by atoms with van der Waals surface area (Å²) in [6, 6.07) is 15.5. The summed E-state index contributed by atoms with van der Waals surface area (Å²) >= 11 is 0. The van der Waals surface area contributed by atoms with Crippen molar-refractivity contribution in [2.75, 3.05) is 0 Å². The molecule has 1 unspecified atom stereocenters. The molecule has 0 saturated carbocycles. The van der Waals surface area contributed by atoms with Gasteiger partial charge in [0.25, 0.3) is 0 Å². The lowest BCUT2D eigenvalue weighted by Crippen LogP contribution is -2.10. The van der Waals surface area contributed by atoms with Crippen LogP contribution in [0, 0.1) is 11.3 Å². The van der Waals surface area contributed by atoms with Gasteiger partial charge >= 0.3 is 0 Å². The van der Waals surface area contributed by atoms with Crippen LogP contribution in [0.15, 0.2) is 55.0 Å². The SMILES string of the molecule is Cn1cncc1C(O)Cc1ccc(C#N)c(Oc2cccc(C(C)(C)C)c2)c1. The lowest BCUT2D eigenvalue weighted by molar-refractivity contribution is 0.170. The summed E-state index contributed by atoms with van der Waals surface area (Å²) in [5, 5.41) is 20.0. The number of aromatic nitrogens is 2. The van der Waals surface area contributed by atoms with Gasteiger partial charge in [-0.1, -0.05) is 39.0 Å². The van der Waals surface area contributed by atoms with Gasteiger partial charge in [0, 0.05) is 13.5 Å². The van der Waals surface area contributed by atoms with Crippen LogP contribution in [0.1, 0.15) is 49.3 Å². The van der Waals surface area contributed by atoms with Crippen molar-refractivity contribution in [3.8, 4) is 17.6 Å². The standard InChI is InChI=1S/C23H25N3O2/c1-23(2,3)18-6-5-7-19(12-18)28-22-11-16(8-9-17(22)13-24)10-21(27)20-14-25-15-26(20)4/h5-9,11-12,14-15,21,27H,10H2,1-4H3. The van der Waals surface area contributed by atoms with E-state index in [1.165, 1.54) is 0 Å². The second kappa shape index (κ2) is 7.87. The molecule has 1 heterocycles. The lowest BCUT2D eigenvalue weighted by Gasteiger charge is -2.20. The molecule has 0 saturated heterocycles. The zero-order valence-electron chi connectivity index (χ0n) is 16.7. The van der Waals surface area contributed by atoms with Gasteiger partial charge in [-0.3, -0.25) is 0 Å². The molecule has 0 aliphatic rings. The van der Waals surface area contributed by atoms with Gasteiger partial charge in [0.2, 0.25) is 0 Å². The summed E-state index contributed by atoms with van der Waals surface area (Å²) in [5.41, 5.74) is 3.25. The Bertz CT molecular complexity index is 1010. The molecule has 1 N–H and O–H groups in total. The van der Waals surface area contributed by atoms with E-state index < -0.39 is 6.10 Å². The molecule has 144 valence electrons. The Morgan fingerprint density at radius 1 is 1.21 bits per heavy atom. The van der Waals surface area contributed by atoms with Crippen LogP contribution in [0.2, 0.25) is 0 Å². The summed E-state index contributed by atoms with van der Waals surface area (Å²) in [6.07, 6.45) is 3.04. The number of benzene rings is 2. The number of hydrogen-bond donors (Lipinski definition) is 1. The third kappa shape index (κ3) is 4.41. The molecule has 0 spiro atoms. The van der Waals surface area contributed by atoms with Crippen LogP contribution >= 0.6 is 0 Å². The number of aliphatic hydroxyl groups is 1. The smallest absolute Gasteiger partial charge is 0.145 e. The van der Waals surface area contributed by atoms with Crippen molar-refractivity contribution in [2.24, 2.45) is 7.05 Å². The first-order valence-electron chi connectivity index (χ1n) is 9.23. The number of hydrogen-bond acceptors (Lipinski definition) is 4. The van der Waals surface area contributed by atoms with E-state index in [0.29, 0.717) is 23.5 Å². The Hall–Kier alpha value is -3.10. The third-order valence-electron chi connectivity index (χ3n) is 4.72. The van der Waals surface area contributed by atoms with E-state index >= 15 is 0 Å². The van der Waals surface area contributed by atoms with Crippen LogP contribution in [0.5, 0.6) is 11.5 Å². The molecule has 1 aromatic heterocycles. The Labute approximate surface area is 165 Å². The highest BCUT2D eigenvalue weighted by atomic mass is 16.5. The molecular formula is C23H25N3O2. The average Bonchev–Trinajstić information content (AvgIpc) is 3.08. The minimum Gasteiger partial charge on any atom is -0.456 e. The van der Waals surface area contributed by atoms with Gasteiger partial charge in [-0.2, -0.15) is 5.26 Å². The van der Waals surface area contributed by atoms with E-state index in [9.17, 15) is 10.4 Å². The molecule has 0 radical (unpaired) electrons. The van der Waals surface area contributed by atoms with Gasteiger partial charge in [-0.25, -0.2) is 4.98 Å². The van der Waals surface area contributed by atoms with Crippen LogP contribution in [0.4, 0.5) is 0 Å². The van der Waals surface area contributed by atoms with Gasteiger partial charge < -0.3 is 14.4 Å². The highest BCUT2D eigenvalue weighted by Gasteiger charge is 2.16. The second-order valence-electron chi connectivity index (χ2n) is 7.97. The minimum atomic E-state index is -0.683. The molecule has 3 rings (SSSR count). The van der Waals surface area contributed by atoms with Crippen LogP contribution in [0.3, 0.4) is 0 Å². The summed E-state index contributed by atoms with van der Waals surface area (Å²) in [6.45, 7) is 6.44. The van der Waals surface area contributed by atoms with E-state index in [4.69, 9.17) is 4.74 Å². The maximum absolute atomic E-state index is 10.5. The first-order chi connectivity index (χ1) is 13.3. The van der Waals surface area contributed by atoms with Crippen molar-refractivity contribution in [1.29, 1.82) is 5.26 Å². The Balaban J connectivity index is 1.86. The zero-order valence-corrected chi connectivity index (χ0v) is 16.7. The molecular weight excluding hydrogens is 350 g/mol. The van der Waals surface area contributed by atoms with Crippen LogP contribution < -0.4 is 4.74 Å². The monoisotopic (exact) mass is 375 g/mol. The predicted octanol–water partition coefficient (Wildman–Crippen LogP) is 4.66. The van der Waals surface area contributed by atoms with Gasteiger partial charge in [-0.05, 0) is 40.8 Å². The number of imidazole rings is 1. The predicted molar refractivity (Wildman–Crippen MR) is 108 cm³/mol. The minimum absolute atomic E-state index is 0.00644. The van der Waals surface area contributed by atoms with E-state index in [1.54, 1.807) is 23.2 Å². The third-order valence-corrected chi connectivity index (χ3v) is 4.72. The van der Waals surface area contributed by atoms with Gasteiger partial charge in [-0.15, -0.1) is 0 Å². The molecule has 0 fully saturated rings. The molecule has 0 amide bonds. The van der Waals surface area contributed by atoms with E-state index in [0.717, 1.165) is 16.8 Å². The highest BCUT2D eigenvalue weighted by molar-refractivity contribution is 5.48. The van der Waals surface area contributed by atoms with Gasteiger partial charge in [0.1, 0.15) is 17.6 Å². The molecule has 1 atom stereocenters. The van der Waals surface area contributed by atoms with E-state index in [2.05, 4.69) is 37.9 Å². The van der Waals surface area contributed by atoms with E-state index in [-0.39, 0.29) is 5.41 Å². The average molecular weight is 375 g/mol.